The average molecular weight is 409 g/mol. The molecule has 29 heavy (non-hydrogen) atoms. The largest absolute Gasteiger partial charge is 0.454 e. The SMILES string of the molecule is NC(CSc1nc(NCc2ccc3c(c2)OCO3)cc(-c2ccccc2)n1)=NO. The number of thioether (sulfide) groups is 1. The Kier molecular flexibility index (Phi) is 5.66. The lowest BCUT2D eigenvalue weighted by Gasteiger charge is -2.10. The van der Waals surface area contributed by atoms with Gasteiger partial charge in [0, 0.05) is 18.2 Å². The Morgan fingerprint density at radius 2 is 1.93 bits per heavy atom. The van der Waals surface area contributed by atoms with Crippen molar-refractivity contribution in [1.29, 1.82) is 0 Å². The minimum Gasteiger partial charge on any atom is -0.454 e. The van der Waals surface area contributed by atoms with Crippen molar-refractivity contribution in [1.82, 2.24) is 9.97 Å². The molecule has 0 atom stereocenters. The Morgan fingerprint density at radius 3 is 2.76 bits per heavy atom. The fourth-order valence-corrected chi connectivity index (χ4v) is 3.41. The van der Waals surface area contributed by atoms with Gasteiger partial charge in [0.05, 0.1) is 11.4 Å². The second-order valence-corrected chi connectivity index (χ2v) is 7.15. The van der Waals surface area contributed by atoms with Crippen LogP contribution in [0.2, 0.25) is 0 Å². The number of ether oxygens (including phenoxy) is 2. The molecular formula is C20H19N5O3S. The molecule has 3 aromatic rings. The predicted octanol–water partition coefficient (Wildman–Crippen LogP) is 3.32. The minimum absolute atomic E-state index is 0.110. The van der Waals surface area contributed by atoms with Gasteiger partial charge in [-0.05, 0) is 17.7 Å². The van der Waals surface area contributed by atoms with E-state index in [-0.39, 0.29) is 18.4 Å². The molecule has 0 saturated carbocycles. The van der Waals surface area contributed by atoms with Crippen LogP contribution < -0.4 is 20.5 Å². The maximum absolute atomic E-state index is 8.75. The van der Waals surface area contributed by atoms with Gasteiger partial charge >= 0.3 is 0 Å². The molecule has 0 bridgehead atoms. The van der Waals surface area contributed by atoms with Gasteiger partial charge in [-0.15, -0.1) is 0 Å². The Morgan fingerprint density at radius 1 is 1.10 bits per heavy atom. The highest BCUT2D eigenvalue weighted by atomic mass is 32.2. The first-order valence-corrected chi connectivity index (χ1v) is 9.86. The molecule has 0 spiro atoms. The number of oxime groups is 1. The Hall–Kier alpha value is -3.46. The standard InChI is InChI=1S/C20H19N5O3S/c21-18(25-26)11-29-20-23-15(14-4-2-1-3-5-14)9-19(24-20)22-10-13-6-7-16-17(8-13)28-12-27-16/h1-9,26H,10-12H2,(H2,21,25)(H,22,23,24). The molecule has 0 unspecified atom stereocenters. The van der Waals surface area contributed by atoms with Gasteiger partial charge in [-0.3, -0.25) is 0 Å². The molecule has 0 saturated heterocycles. The van der Waals surface area contributed by atoms with E-state index >= 15 is 0 Å². The lowest BCUT2D eigenvalue weighted by Crippen LogP contribution is -2.14. The summed E-state index contributed by atoms with van der Waals surface area (Å²) in [6.45, 7) is 0.811. The summed E-state index contributed by atoms with van der Waals surface area (Å²) in [5.41, 5.74) is 8.38. The van der Waals surface area contributed by atoms with Crippen LogP contribution in [-0.4, -0.2) is 33.6 Å². The topological polar surface area (TPSA) is 115 Å². The highest BCUT2D eigenvalue weighted by Crippen LogP contribution is 2.32. The number of nitrogens with one attached hydrogen (secondary N) is 1. The molecule has 0 radical (unpaired) electrons. The van der Waals surface area contributed by atoms with E-state index in [1.54, 1.807) is 0 Å². The fraction of sp³-hybridized carbons (Fsp3) is 0.150. The molecule has 148 valence electrons. The van der Waals surface area contributed by atoms with Gasteiger partial charge in [-0.2, -0.15) is 0 Å². The first kappa shape index (κ1) is 18.9. The molecule has 2 heterocycles. The van der Waals surface area contributed by atoms with Crippen LogP contribution in [0.4, 0.5) is 5.82 Å². The van der Waals surface area contributed by atoms with Crippen molar-refractivity contribution in [2.75, 3.05) is 17.9 Å². The van der Waals surface area contributed by atoms with Gasteiger partial charge in [-0.25, -0.2) is 9.97 Å². The predicted molar refractivity (Wildman–Crippen MR) is 111 cm³/mol. The summed E-state index contributed by atoms with van der Waals surface area (Å²) in [6, 6.07) is 17.6. The Bertz CT molecular complexity index is 1030. The number of nitrogens with zero attached hydrogens (tertiary/aromatic N) is 3. The molecule has 4 N–H and O–H groups in total. The maximum atomic E-state index is 8.75. The summed E-state index contributed by atoms with van der Waals surface area (Å²) >= 11 is 1.30. The van der Waals surface area contributed by atoms with Crippen molar-refractivity contribution >= 4 is 23.4 Å². The monoisotopic (exact) mass is 409 g/mol. The highest BCUT2D eigenvalue weighted by Gasteiger charge is 2.13. The van der Waals surface area contributed by atoms with Crippen molar-refractivity contribution in [2.45, 2.75) is 11.7 Å². The smallest absolute Gasteiger partial charge is 0.231 e. The van der Waals surface area contributed by atoms with Crippen molar-refractivity contribution in [2.24, 2.45) is 10.9 Å². The zero-order valence-corrected chi connectivity index (χ0v) is 16.2. The number of anilines is 1. The average Bonchev–Trinajstić information content (AvgIpc) is 3.24. The van der Waals surface area contributed by atoms with E-state index in [2.05, 4.69) is 20.4 Å². The quantitative estimate of drug-likeness (QED) is 0.136. The molecule has 9 heteroatoms. The lowest BCUT2D eigenvalue weighted by molar-refractivity contribution is 0.174. The number of hydrogen-bond donors (Lipinski definition) is 3. The van der Waals surface area contributed by atoms with Crippen molar-refractivity contribution in [3.05, 3.63) is 60.2 Å². The van der Waals surface area contributed by atoms with Crippen molar-refractivity contribution < 1.29 is 14.7 Å². The second-order valence-electron chi connectivity index (χ2n) is 6.21. The van der Waals surface area contributed by atoms with E-state index in [9.17, 15) is 0 Å². The Labute approximate surface area is 171 Å². The van der Waals surface area contributed by atoms with Crippen molar-refractivity contribution in [3.63, 3.8) is 0 Å². The number of rotatable bonds is 7. The van der Waals surface area contributed by atoms with Gasteiger partial charge in [-0.1, -0.05) is 53.3 Å². The van der Waals surface area contributed by atoms with Crippen LogP contribution in [0.5, 0.6) is 11.5 Å². The number of amidine groups is 1. The molecular weight excluding hydrogens is 390 g/mol. The summed E-state index contributed by atoms with van der Waals surface area (Å²) < 4.78 is 10.8. The molecule has 0 fully saturated rings. The Balaban J connectivity index is 1.55. The van der Waals surface area contributed by atoms with Gasteiger partial charge in [0.1, 0.15) is 11.7 Å². The van der Waals surface area contributed by atoms with Gasteiger partial charge in [0.2, 0.25) is 6.79 Å². The minimum atomic E-state index is 0.110. The summed E-state index contributed by atoms with van der Waals surface area (Å²) in [4.78, 5) is 9.14. The third-order valence-electron chi connectivity index (χ3n) is 4.16. The second kappa shape index (κ2) is 8.70. The van der Waals surface area contributed by atoms with E-state index in [0.29, 0.717) is 17.5 Å². The highest BCUT2D eigenvalue weighted by molar-refractivity contribution is 7.99. The third-order valence-corrected chi connectivity index (χ3v) is 5.04. The van der Waals surface area contributed by atoms with Crippen LogP contribution in [0.1, 0.15) is 5.56 Å². The fourth-order valence-electron chi connectivity index (χ4n) is 2.75. The first-order valence-electron chi connectivity index (χ1n) is 8.87. The van der Waals surface area contributed by atoms with Gasteiger partial charge < -0.3 is 25.7 Å². The van der Waals surface area contributed by atoms with E-state index in [1.807, 2.05) is 54.6 Å². The third kappa shape index (κ3) is 4.69. The van der Waals surface area contributed by atoms with Gasteiger partial charge in [0.25, 0.3) is 0 Å². The summed E-state index contributed by atoms with van der Waals surface area (Å²) in [7, 11) is 0. The molecule has 0 amide bonds. The number of nitrogens with two attached hydrogens (primary N) is 1. The summed E-state index contributed by atoms with van der Waals surface area (Å²) in [5, 5.41) is 15.6. The van der Waals surface area contributed by atoms with Crippen LogP contribution in [0.3, 0.4) is 0 Å². The molecule has 0 aliphatic carbocycles. The van der Waals surface area contributed by atoms with Crippen LogP contribution >= 0.6 is 11.8 Å². The molecule has 1 aliphatic rings. The number of hydrogen-bond acceptors (Lipinski definition) is 8. The van der Waals surface area contributed by atoms with Crippen molar-refractivity contribution in [3.8, 4) is 22.8 Å². The maximum Gasteiger partial charge on any atom is 0.231 e. The molecule has 1 aliphatic heterocycles. The molecule has 2 aromatic carbocycles. The van der Waals surface area contributed by atoms with Crippen LogP contribution in [0.15, 0.2) is 64.9 Å². The molecule has 4 rings (SSSR count). The van der Waals surface area contributed by atoms with Crippen LogP contribution in [0.25, 0.3) is 11.3 Å². The van der Waals surface area contributed by atoms with Gasteiger partial charge in [0.15, 0.2) is 16.7 Å². The van der Waals surface area contributed by atoms with E-state index in [1.165, 1.54) is 11.8 Å². The number of aromatic nitrogens is 2. The lowest BCUT2D eigenvalue weighted by atomic mass is 10.1. The first-order chi connectivity index (χ1) is 14.2. The van der Waals surface area contributed by atoms with E-state index < -0.39 is 0 Å². The molecule has 8 nitrogen and oxygen atoms in total. The summed E-state index contributed by atoms with van der Waals surface area (Å²) in [6.07, 6.45) is 0. The zero-order chi connectivity index (χ0) is 20.1. The van der Waals surface area contributed by atoms with E-state index in [4.69, 9.17) is 20.4 Å². The normalized spacial score (nSPS) is 12.8. The summed E-state index contributed by atoms with van der Waals surface area (Å²) in [5.74, 6) is 2.57. The van der Waals surface area contributed by atoms with E-state index in [0.717, 1.165) is 28.3 Å². The molecule has 1 aromatic heterocycles. The van der Waals surface area contributed by atoms with Crippen LogP contribution in [0, 0.1) is 0 Å². The number of fused-ring (bicyclic) bond motifs is 1. The zero-order valence-electron chi connectivity index (χ0n) is 15.4. The van der Waals surface area contributed by atoms with Crippen LogP contribution in [-0.2, 0) is 6.54 Å². The number of benzene rings is 2.